The molecule has 1 aromatic heterocycles. The molecular formula is C23H30F2N3O9P. The summed E-state index contributed by atoms with van der Waals surface area (Å²) >= 11 is 0. The molecule has 0 saturated carbocycles. The van der Waals surface area contributed by atoms with Crippen LogP contribution in [0.5, 0.6) is 5.75 Å². The van der Waals surface area contributed by atoms with Crippen molar-refractivity contribution in [3.63, 3.8) is 0 Å². The van der Waals surface area contributed by atoms with Crippen molar-refractivity contribution in [1.82, 2.24) is 14.6 Å². The van der Waals surface area contributed by atoms with Gasteiger partial charge in [0.1, 0.15) is 30.7 Å². The Morgan fingerprint density at radius 1 is 1.24 bits per heavy atom. The lowest BCUT2D eigenvalue weighted by Crippen LogP contribution is -2.48. The number of alkyl halides is 2. The van der Waals surface area contributed by atoms with E-state index in [-0.39, 0.29) is 5.75 Å². The molecule has 0 amide bonds. The van der Waals surface area contributed by atoms with Gasteiger partial charge in [-0.25, -0.2) is 18.1 Å². The molecule has 7 atom stereocenters. The Hall–Kier alpha value is -2.90. The first kappa shape index (κ1) is 29.7. The molecule has 1 aliphatic rings. The van der Waals surface area contributed by atoms with Crippen molar-refractivity contribution in [2.75, 3.05) is 6.67 Å². The third-order valence-electron chi connectivity index (χ3n) is 5.60. The molecule has 0 bridgehead atoms. The summed E-state index contributed by atoms with van der Waals surface area (Å²) in [7, 11) is -4.46. The standard InChI is InChI=1S/C23H30F2N3O9P/c1-13(2)34-20(31)14(3)27-38(33,37-16-8-6-5-7-9-16)36-15(4)18-19(30)23(25,12-24)21(35-18)28-11-10-17(29)26-22(28)32/h5-11,13-15,18-19,21,30H,12H2,1-4H3,(H,27,33)(H,26,29,32)/t14-,15+,18+,19?,21+,23+,38?/m0/s1. The van der Waals surface area contributed by atoms with Gasteiger partial charge in [0.2, 0.25) is 5.67 Å². The summed E-state index contributed by atoms with van der Waals surface area (Å²) in [5.74, 6) is -0.669. The number of nitrogens with one attached hydrogen (secondary N) is 2. The number of halogens is 2. The zero-order valence-corrected chi connectivity index (χ0v) is 22.0. The number of aromatic nitrogens is 2. The Bertz CT molecular complexity index is 1270. The molecule has 38 heavy (non-hydrogen) atoms. The van der Waals surface area contributed by atoms with Crippen LogP contribution in [-0.4, -0.2) is 63.4 Å². The molecule has 0 spiro atoms. The molecule has 210 valence electrons. The second kappa shape index (κ2) is 11.9. The number of hydrogen-bond donors (Lipinski definition) is 3. The minimum absolute atomic E-state index is 0.0918. The highest BCUT2D eigenvalue weighted by Crippen LogP contribution is 2.49. The number of H-pyrrole nitrogens is 1. The van der Waals surface area contributed by atoms with Crippen LogP contribution in [0.25, 0.3) is 0 Å². The molecule has 1 aliphatic heterocycles. The van der Waals surface area contributed by atoms with Crippen LogP contribution in [-0.2, 0) is 23.4 Å². The number of nitrogens with zero attached hydrogens (tertiary/aromatic N) is 1. The zero-order valence-electron chi connectivity index (χ0n) is 21.1. The third-order valence-corrected chi connectivity index (χ3v) is 7.37. The van der Waals surface area contributed by atoms with Crippen LogP contribution >= 0.6 is 7.75 Å². The minimum Gasteiger partial charge on any atom is -0.462 e. The van der Waals surface area contributed by atoms with Crippen molar-refractivity contribution in [3.05, 3.63) is 63.4 Å². The van der Waals surface area contributed by atoms with Crippen LogP contribution in [0.15, 0.2) is 52.2 Å². The van der Waals surface area contributed by atoms with Gasteiger partial charge in [-0.2, -0.15) is 5.09 Å². The second-order valence-corrected chi connectivity index (χ2v) is 10.7. The summed E-state index contributed by atoms with van der Waals surface area (Å²) in [6, 6.07) is 7.50. The molecule has 3 N–H and O–H groups in total. The Labute approximate surface area is 216 Å². The van der Waals surface area contributed by atoms with Gasteiger partial charge in [-0.05, 0) is 39.8 Å². The highest BCUT2D eigenvalue weighted by molar-refractivity contribution is 7.52. The van der Waals surface area contributed by atoms with Crippen LogP contribution in [0.1, 0.15) is 33.9 Å². The maximum atomic E-state index is 15.7. The zero-order chi connectivity index (χ0) is 28.3. The fourth-order valence-electron chi connectivity index (χ4n) is 3.78. The van der Waals surface area contributed by atoms with Gasteiger partial charge in [0.25, 0.3) is 5.56 Å². The average molecular weight is 561 g/mol. The summed E-state index contributed by atoms with van der Waals surface area (Å²) in [6.07, 6.45) is -6.86. The van der Waals surface area contributed by atoms with Crippen LogP contribution in [0.2, 0.25) is 0 Å². The van der Waals surface area contributed by atoms with Gasteiger partial charge < -0.3 is 19.1 Å². The molecule has 12 nitrogen and oxygen atoms in total. The second-order valence-electron chi connectivity index (χ2n) is 9.02. The van der Waals surface area contributed by atoms with Crippen molar-refractivity contribution in [2.45, 2.75) is 70.0 Å². The van der Waals surface area contributed by atoms with E-state index in [4.69, 9.17) is 18.5 Å². The van der Waals surface area contributed by atoms with Crippen LogP contribution in [0, 0.1) is 0 Å². The van der Waals surface area contributed by atoms with Gasteiger partial charge in [0.05, 0.1) is 12.2 Å². The van der Waals surface area contributed by atoms with E-state index < -0.39 is 74.0 Å². The fraction of sp³-hybridized carbons (Fsp3) is 0.522. The highest BCUT2D eigenvalue weighted by Gasteiger charge is 2.61. The first-order valence-corrected chi connectivity index (χ1v) is 13.2. The van der Waals surface area contributed by atoms with E-state index in [2.05, 4.69) is 5.09 Å². The number of rotatable bonds is 11. The number of benzene rings is 1. The highest BCUT2D eigenvalue weighted by atomic mass is 31.2. The average Bonchev–Trinajstić information content (AvgIpc) is 3.10. The van der Waals surface area contributed by atoms with E-state index in [1.165, 1.54) is 26.0 Å². The number of carbonyl (C=O) groups excluding carboxylic acids is 1. The van der Waals surface area contributed by atoms with E-state index in [0.29, 0.717) is 4.57 Å². The van der Waals surface area contributed by atoms with Gasteiger partial charge in [-0.1, -0.05) is 18.2 Å². The summed E-state index contributed by atoms with van der Waals surface area (Å²) in [5, 5.41) is 13.1. The number of aromatic amines is 1. The van der Waals surface area contributed by atoms with Crippen molar-refractivity contribution in [3.8, 4) is 5.75 Å². The molecule has 1 fully saturated rings. The first-order valence-electron chi connectivity index (χ1n) is 11.7. The summed E-state index contributed by atoms with van der Waals surface area (Å²) in [4.78, 5) is 37.8. The number of aliphatic hydroxyl groups excluding tert-OH is 1. The lowest BCUT2D eigenvalue weighted by Gasteiger charge is -2.29. The maximum absolute atomic E-state index is 15.7. The fourth-order valence-corrected chi connectivity index (χ4v) is 5.47. The maximum Gasteiger partial charge on any atom is 0.459 e. The number of carbonyl (C=O) groups is 1. The Balaban J connectivity index is 1.89. The lowest BCUT2D eigenvalue weighted by atomic mass is 9.95. The third kappa shape index (κ3) is 6.56. The number of aliphatic hydroxyl groups is 1. The quantitative estimate of drug-likeness (QED) is 0.274. The lowest BCUT2D eigenvalue weighted by molar-refractivity contribution is -0.149. The van der Waals surface area contributed by atoms with Crippen molar-refractivity contribution < 1.29 is 41.8 Å². The summed E-state index contributed by atoms with van der Waals surface area (Å²) in [5.41, 5.74) is -5.01. The van der Waals surface area contributed by atoms with Crippen LogP contribution in [0.3, 0.4) is 0 Å². The molecular weight excluding hydrogens is 531 g/mol. The monoisotopic (exact) mass is 561 g/mol. The van der Waals surface area contributed by atoms with Gasteiger partial charge in [0.15, 0.2) is 6.23 Å². The SMILES string of the molecule is CC(C)OC(=O)[C@H](C)NP(=O)(Oc1ccccc1)O[C@H](C)[C@H]1O[C@@H](n2ccc(=O)[nH]c2=O)[C@@](F)(CF)C1O. The molecule has 1 saturated heterocycles. The Kier molecular flexibility index (Phi) is 9.26. The predicted octanol–water partition coefficient (Wildman–Crippen LogP) is 1.99. The van der Waals surface area contributed by atoms with Crippen molar-refractivity contribution in [2.24, 2.45) is 0 Å². The number of esters is 1. The topological polar surface area (TPSA) is 158 Å². The molecule has 2 heterocycles. The molecule has 0 radical (unpaired) electrons. The van der Waals surface area contributed by atoms with E-state index in [9.17, 15) is 28.4 Å². The van der Waals surface area contributed by atoms with E-state index in [0.717, 1.165) is 12.3 Å². The summed E-state index contributed by atoms with van der Waals surface area (Å²) < 4.78 is 65.7. The van der Waals surface area contributed by atoms with Crippen LogP contribution in [0.4, 0.5) is 8.78 Å². The van der Waals surface area contributed by atoms with Crippen molar-refractivity contribution in [1.29, 1.82) is 0 Å². The molecule has 0 aliphatic carbocycles. The normalized spacial score (nSPS) is 26.5. The molecule has 3 rings (SSSR count). The molecule has 2 aromatic rings. The number of para-hydroxylation sites is 1. The van der Waals surface area contributed by atoms with E-state index >= 15 is 4.39 Å². The molecule has 1 aromatic carbocycles. The van der Waals surface area contributed by atoms with Gasteiger partial charge >= 0.3 is 19.4 Å². The van der Waals surface area contributed by atoms with Gasteiger partial charge in [-0.15, -0.1) is 0 Å². The van der Waals surface area contributed by atoms with E-state index in [1.807, 2.05) is 4.98 Å². The first-order chi connectivity index (χ1) is 17.8. The van der Waals surface area contributed by atoms with Gasteiger partial charge in [-0.3, -0.25) is 23.7 Å². The minimum atomic E-state index is -4.46. The largest absolute Gasteiger partial charge is 0.462 e. The molecule has 15 heteroatoms. The van der Waals surface area contributed by atoms with Crippen molar-refractivity contribution >= 4 is 13.7 Å². The predicted molar refractivity (Wildman–Crippen MR) is 130 cm³/mol. The smallest absolute Gasteiger partial charge is 0.459 e. The van der Waals surface area contributed by atoms with E-state index in [1.54, 1.807) is 32.0 Å². The number of ether oxygens (including phenoxy) is 2. The molecule has 2 unspecified atom stereocenters. The Morgan fingerprint density at radius 3 is 2.47 bits per heavy atom. The summed E-state index contributed by atoms with van der Waals surface area (Å²) in [6.45, 7) is 4.10. The Morgan fingerprint density at radius 2 is 1.89 bits per heavy atom. The number of hydrogen-bond acceptors (Lipinski definition) is 9. The van der Waals surface area contributed by atoms with Gasteiger partial charge in [0, 0.05) is 12.3 Å². The van der Waals surface area contributed by atoms with Crippen LogP contribution < -0.4 is 20.9 Å².